The molecule has 1 aromatic heterocycles. The monoisotopic (exact) mass is 369 g/mol. The second kappa shape index (κ2) is 6.05. The van der Waals surface area contributed by atoms with Crippen LogP contribution in [-0.4, -0.2) is 4.98 Å². The van der Waals surface area contributed by atoms with Gasteiger partial charge in [0, 0.05) is 22.5 Å². The Kier molecular flexibility index (Phi) is 3.91. The predicted octanol–water partition coefficient (Wildman–Crippen LogP) is 6.83. The minimum atomic E-state index is -4.60. The lowest BCUT2D eigenvalue weighted by atomic mass is 9.93. The van der Waals surface area contributed by atoms with Crippen LogP contribution in [0.25, 0.3) is 32.8 Å². The smallest absolute Gasteiger partial charge is 0.256 e. The number of fused-ring (bicyclic) bond motifs is 3. The Balaban J connectivity index is 2.24. The molecule has 4 rings (SSSR count). The fourth-order valence-corrected chi connectivity index (χ4v) is 3.65. The number of aromatic nitrogens is 1. The number of pyridine rings is 1. The normalized spacial score (nSPS) is 12.1. The lowest BCUT2D eigenvalue weighted by Crippen LogP contribution is -2.07. The van der Waals surface area contributed by atoms with Crippen LogP contribution in [-0.2, 0) is 6.18 Å². The average molecular weight is 369 g/mol. The zero-order chi connectivity index (χ0) is 19.3. The quantitative estimate of drug-likeness (QED) is 0.265. The van der Waals surface area contributed by atoms with Gasteiger partial charge in [-0.05, 0) is 55.0 Å². The highest BCUT2D eigenvalue weighted by atomic mass is 19.4. The molecule has 0 aliphatic heterocycles. The fraction of sp³-hybridized carbons (Fsp3) is 0.136. The van der Waals surface area contributed by atoms with E-state index in [1.54, 1.807) is 6.07 Å². The van der Waals surface area contributed by atoms with E-state index in [1.807, 2.05) is 32.0 Å². The molecule has 0 atom stereocenters. The molecule has 136 valence electrons. The van der Waals surface area contributed by atoms with Gasteiger partial charge in [-0.2, -0.15) is 13.2 Å². The number of alkyl halides is 3. The molecule has 0 aliphatic carbocycles. The van der Waals surface area contributed by atoms with E-state index in [0.29, 0.717) is 22.0 Å². The number of hydrogen-bond donors (Lipinski definition) is 0. The summed E-state index contributed by atoms with van der Waals surface area (Å²) in [7, 11) is 0. The van der Waals surface area contributed by atoms with Crippen molar-refractivity contribution in [3.63, 3.8) is 0 Å². The highest BCUT2D eigenvalue weighted by molar-refractivity contribution is 6.14. The first kappa shape index (κ1) is 17.5. The Labute approximate surface area is 153 Å². The van der Waals surface area contributed by atoms with Gasteiger partial charge < -0.3 is 0 Å². The summed E-state index contributed by atoms with van der Waals surface area (Å²) in [5, 5.41) is 0.688. The van der Waals surface area contributed by atoms with E-state index in [-0.39, 0.29) is 10.8 Å². The molecule has 1 nitrogen and oxygen atoms in total. The number of benzene rings is 3. The van der Waals surface area contributed by atoms with Gasteiger partial charge in [-0.1, -0.05) is 29.3 Å². The van der Waals surface area contributed by atoms with Gasteiger partial charge in [0.2, 0.25) is 0 Å². The van der Waals surface area contributed by atoms with Gasteiger partial charge in [0.15, 0.2) is 0 Å². The summed E-state index contributed by atoms with van der Waals surface area (Å²) < 4.78 is 55.4. The molecule has 0 saturated carbocycles. The summed E-state index contributed by atoms with van der Waals surface area (Å²) in [6.07, 6.45) is -3.23. The molecule has 4 aromatic rings. The van der Waals surface area contributed by atoms with Crippen LogP contribution in [0.5, 0.6) is 0 Å². The van der Waals surface area contributed by atoms with Gasteiger partial charge in [-0.25, -0.2) is 4.39 Å². The van der Waals surface area contributed by atoms with Gasteiger partial charge in [-0.15, -0.1) is 0 Å². The summed E-state index contributed by atoms with van der Waals surface area (Å²) in [5.74, 6) is -0.685. The van der Waals surface area contributed by atoms with Gasteiger partial charge in [-0.3, -0.25) is 4.98 Å². The molecule has 0 saturated heterocycles. The Morgan fingerprint density at radius 1 is 0.815 bits per heavy atom. The van der Waals surface area contributed by atoms with Crippen LogP contribution in [0, 0.1) is 19.7 Å². The molecule has 0 radical (unpaired) electrons. The maximum atomic E-state index is 14.4. The van der Waals surface area contributed by atoms with Crippen LogP contribution in [0.4, 0.5) is 17.6 Å². The van der Waals surface area contributed by atoms with Crippen LogP contribution >= 0.6 is 0 Å². The Bertz CT molecular complexity index is 1170. The van der Waals surface area contributed by atoms with Crippen molar-refractivity contribution in [1.29, 1.82) is 0 Å². The van der Waals surface area contributed by atoms with Crippen molar-refractivity contribution in [1.82, 2.24) is 4.98 Å². The summed E-state index contributed by atoms with van der Waals surface area (Å²) in [5.41, 5.74) is 2.23. The van der Waals surface area contributed by atoms with Crippen molar-refractivity contribution in [2.45, 2.75) is 20.0 Å². The van der Waals surface area contributed by atoms with E-state index in [9.17, 15) is 17.6 Å². The second-order valence-electron chi connectivity index (χ2n) is 6.72. The maximum absolute atomic E-state index is 14.4. The van der Waals surface area contributed by atoms with Crippen LogP contribution < -0.4 is 0 Å². The highest BCUT2D eigenvalue weighted by Gasteiger charge is 2.34. The van der Waals surface area contributed by atoms with Crippen LogP contribution in [0.3, 0.4) is 0 Å². The summed E-state index contributed by atoms with van der Waals surface area (Å²) in [4.78, 5) is 4.37. The van der Waals surface area contributed by atoms with Crippen LogP contribution in [0.1, 0.15) is 16.7 Å². The molecule has 0 fully saturated rings. The summed E-state index contributed by atoms with van der Waals surface area (Å²) in [6, 6.07) is 12.3. The first-order chi connectivity index (χ1) is 12.8. The second-order valence-corrected chi connectivity index (χ2v) is 6.72. The topological polar surface area (TPSA) is 12.9 Å². The van der Waals surface area contributed by atoms with Gasteiger partial charge >= 0.3 is 6.18 Å². The Morgan fingerprint density at radius 2 is 1.52 bits per heavy atom. The van der Waals surface area contributed by atoms with E-state index in [2.05, 4.69) is 4.98 Å². The van der Waals surface area contributed by atoms with E-state index in [1.165, 1.54) is 24.4 Å². The van der Waals surface area contributed by atoms with Crippen molar-refractivity contribution >= 4 is 21.5 Å². The van der Waals surface area contributed by atoms with Gasteiger partial charge in [0.25, 0.3) is 0 Å². The van der Waals surface area contributed by atoms with Crippen molar-refractivity contribution in [3.8, 4) is 11.3 Å². The standard InChI is InChI=1S/C22H15F4N/c1-12-8-13(2)10-14(9-12)21-20-15-4-3-5-19(23)17(15)11-18(22(24,25)26)16(20)6-7-27-21/h3-11H,1-2H3. The minimum absolute atomic E-state index is 0.0183. The van der Waals surface area contributed by atoms with E-state index < -0.39 is 17.6 Å². The molecule has 0 N–H and O–H groups in total. The molecule has 0 unspecified atom stereocenters. The lowest BCUT2D eigenvalue weighted by Gasteiger charge is -2.16. The Hall–Kier alpha value is -2.95. The largest absolute Gasteiger partial charge is 0.417 e. The SMILES string of the molecule is Cc1cc(C)cc(-c2nccc3c(C(F)(F)F)cc4c(F)cccc4c23)c1. The van der Waals surface area contributed by atoms with Crippen LogP contribution in [0.2, 0.25) is 0 Å². The zero-order valence-electron chi connectivity index (χ0n) is 14.7. The molecule has 0 bridgehead atoms. The van der Waals surface area contributed by atoms with Crippen molar-refractivity contribution in [2.75, 3.05) is 0 Å². The molecular formula is C22H15F4N. The molecule has 1 heterocycles. The number of aryl methyl sites for hydroxylation is 2. The third kappa shape index (κ3) is 2.93. The Morgan fingerprint density at radius 3 is 2.19 bits per heavy atom. The number of nitrogens with zero attached hydrogens (tertiary/aromatic N) is 1. The molecule has 0 spiro atoms. The van der Waals surface area contributed by atoms with Crippen molar-refractivity contribution in [3.05, 3.63) is 77.2 Å². The molecule has 5 heteroatoms. The molecule has 0 amide bonds. The first-order valence-corrected chi connectivity index (χ1v) is 8.41. The first-order valence-electron chi connectivity index (χ1n) is 8.41. The number of rotatable bonds is 1. The van der Waals surface area contributed by atoms with Crippen molar-refractivity contribution in [2.24, 2.45) is 0 Å². The lowest BCUT2D eigenvalue weighted by molar-refractivity contribution is -0.136. The maximum Gasteiger partial charge on any atom is 0.417 e. The van der Waals surface area contributed by atoms with Gasteiger partial charge in [0.1, 0.15) is 5.82 Å². The van der Waals surface area contributed by atoms with E-state index in [4.69, 9.17) is 0 Å². The molecular weight excluding hydrogens is 354 g/mol. The summed E-state index contributed by atoms with van der Waals surface area (Å²) >= 11 is 0. The van der Waals surface area contributed by atoms with Crippen LogP contribution in [0.15, 0.2) is 54.7 Å². The number of hydrogen-bond acceptors (Lipinski definition) is 1. The van der Waals surface area contributed by atoms with Crippen molar-refractivity contribution < 1.29 is 17.6 Å². The molecule has 3 aromatic carbocycles. The predicted molar refractivity (Wildman–Crippen MR) is 99.1 cm³/mol. The van der Waals surface area contributed by atoms with E-state index >= 15 is 0 Å². The average Bonchev–Trinajstić information content (AvgIpc) is 2.59. The zero-order valence-corrected chi connectivity index (χ0v) is 14.7. The summed E-state index contributed by atoms with van der Waals surface area (Å²) in [6.45, 7) is 3.83. The number of halogens is 4. The third-order valence-electron chi connectivity index (χ3n) is 4.65. The third-order valence-corrected chi connectivity index (χ3v) is 4.65. The van der Waals surface area contributed by atoms with E-state index in [0.717, 1.165) is 17.2 Å². The minimum Gasteiger partial charge on any atom is -0.256 e. The van der Waals surface area contributed by atoms with Gasteiger partial charge in [0.05, 0.1) is 11.3 Å². The fourth-order valence-electron chi connectivity index (χ4n) is 3.65. The highest BCUT2D eigenvalue weighted by Crippen LogP contribution is 2.42. The molecule has 0 aliphatic rings. The molecule has 27 heavy (non-hydrogen) atoms.